The Labute approximate surface area is 177 Å². The molecular formula is C20H21ClN4O3S. The molecule has 0 spiro atoms. The predicted molar refractivity (Wildman–Crippen MR) is 114 cm³/mol. The molecule has 9 heteroatoms. The number of hydrogen-bond donors (Lipinski definition) is 2. The Balaban J connectivity index is 1.51. The van der Waals surface area contributed by atoms with Crippen LogP contribution in [0.25, 0.3) is 10.6 Å². The zero-order chi connectivity index (χ0) is 20.5. The van der Waals surface area contributed by atoms with Crippen molar-refractivity contribution in [3.05, 3.63) is 51.6 Å². The first-order valence-electron chi connectivity index (χ1n) is 9.24. The lowest BCUT2D eigenvalue weighted by Gasteiger charge is -2.36. The molecule has 3 heterocycles. The number of carbonyl (C=O) groups excluding carboxylic acids is 1. The molecule has 0 bridgehead atoms. The van der Waals surface area contributed by atoms with E-state index in [1.54, 1.807) is 30.4 Å². The van der Waals surface area contributed by atoms with Crippen LogP contribution in [0.3, 0.4) is 0 Å². The molecule has 0 radical (unpaired) electrons. The van der Waals surface area contributed by atoms with Gasteiger partial charge >= 0.3 is 0 Å². The van der Waals surface area contributed by atoms with Crippen LogP contribution in [0, 0.1) is 13.8 Å². The largest absolute Gasteiger partial charge is 0.367 e. The van der Waals surface area contributed by atoms with E-state index >= 15 is 0 Å². The summed E-state index contributed by atoms with van der Waals surface area (Å²) in [7, 11) is 0. The molecular weight excluding hydrogens is 412 g/mol. The third kappa shape index (κ3) is 3.71. The molecule has 1 aromatic carbocycles. The van der Waals surface area contributed by atoms with E-state index in [9.17, 15) is 4.79 Å². The molecule has 152 valence electrons. The van der Waals surface area contributed by atoms with Crippen LogP contribution in [0.4, 0.5) is 11.4 Å². The van der Waals surface area contributed by atoms with Gasteiger partial charge in [-0.2, -0.15) is 0 Å². The first kappa shape index (κ1) is 19.8. The molecule has 0 aliphatic carbocycles. The Morgan fingerprint density at radius 1 is 1.24 bits per heavy atom. The fourth-order valence-corrected chi connectivity index (χ4v) is 4.75. The lowest BCUT2D eigenvalue weighted by molar-refractivity contribution is 0.0745. The van der Waals surface area contributed by atoms with Gasteiger partial charge in [0, 0.05) is 26.2 Å². The number of halogens is 1. The highest BCUT2D eigenvalue weighted by molar-refractivity contribution is 7.13. The molecule has 0 unspecified atom stereocenters. The Bertz CT molecular complexity index is 1040. The van der Waals surface area contributed by atoms with E-state index in [-0.39, 0.29) is 5.91 Å². The van der Waals surface area contributed by atoms with Gasteiger partial charge in [-0.05, 0) is 49.1 Å². The highest BCUT2D eigenvalue weighted by Gasteiger charge is 2.30. The Kier molecular flexibility index (Phi) is 5.49. The van der Waals surface area contributed by atoms with E-state index in [0.717, 1.165) is 16.1 Å². The van der Waals surface area contributed by atoms with Crippen molar-refractivity contribution >= 4 is 40.2 Å². The highest BCUT2D eigenvalue weighted by atomic mass is 35.5. The topological polar surface area (TPSA) is 81.8 Å². The summed E-state index contributed by atoms with van der Waals surface area (Å²) < 4.78 is 5.37. The van der Waals surface area contributed by atoms with E-state index < -0.39 is 0 Å². The van der Waals surface area contributed by atoms with Gasteiger partial charge in [0.25, 0.3) is 5.91 Å². The van der Waals surface area contributed by atoms with Gasteiger partial charge in [0.05, 0.1) is 21.3 Å². The van der Waals surface area contributed by atoms with Gasteiger partial charge in [0.2, 0.25) is 0 Å². The van der Waals surface area contributed by atoms with Gasteiger partial charge < -0.3 is 14.3 Å². The standard InChI is InChI=1S/C20H21ClN4O3S/c1-12-5-10-29-19(12)18-17(13(2)28-23-18)20(26)25-8-6-24(7-9-25)16-4-3-14(22-27)11-15(16)21/h3-5,10-11,22,27H,6-9H2,1-2H3. The first-order chi connectivity index (χ1) is 14.0. The average Bonchev–Trinajstić information content (AvgIpc) is 3.32. The van der Waals surface area contributed by atoms with Crippen molar-refractivity contribution in [3.8, 4) is 10.6 Å². The van der Waals surface area contributed by atoms with Crippen molar-refractivity contribution in [2.75, 3.05) is 36.6 Å². The average molecular weight is 433 g/mol. The number of rotatable bonds is 4. The Hall–Kier alpha value is -2.55. The van der Waals surface area contributed by atoms with E-state index in [2.05, 4.69) is 15.5 Å². The van der Waals surface area contributed by atoms with Crippen molar-refractivity contribution < 1.29 is 14.5 Å². The van der Waals surface area contributed by atoms with Gasteiger partial charge in [-0.3, -0.25) is 15.5 Å². The van der Waals surface area contributed by atoms with Crippen molar-refractivity contribution in [2.24, 2.45) is 0 Å². The molecule has 1 fully saturated rings. The lowest BCUT2D eigenvalue weighted by atomic mass is 10.1. The van der Waals surface area contributed by atoms with Crippen LogP contribution >= 0.6 is 22.9 Å². The number of piperazine rings is 1. The molecule has 0 saturated carbocycles. The molecule has 1 aliphatic heterocycles. The molecule has 0 atom stereocenters. The summed E-state index contributed by atoms with van der Waals surface area (Å²) in [5.74, 6) is 0.479. The smallest absolute Gasteiger partial charge is 0.259 e. The zero-order valence-electron chi connectivity index (χ0n) is 16.1. The number of benzene rings is 1. The van der Waals surface area contributed by atoms with Crippen molar-refractivity contribution in [1.82, 2.24) is 10.1 Å². The summed E-state index contributed by atoms with van der Waals surface area (Å²) in [6.07, 6.45) is 0. The van der Waals surface area contributed by atoms with Gasteiger partial charge in [-0.25, -0.2) is 0 Å². The third-order valence-electron chi connectivity index (χ3n) is 5.14. The number of thiophene rings is 1. The fraction of sp³-hybridized carbons (Fsp3) is 0.300. The quantitative estimate of drug-likeness (QED) is 0.593. The maximum absolute atomic E-state index is 13.3. The van der Waals surface area contributed by atoms with Crippen molar-refractivity contribution in [3.63, 3.8) is 0 Å². The molecule has 1 saturated heterocycles. The second-order valence-electron chi connectivity index (χ2n) is 6.95. The fourth-order valence-electron chi connectivity index (χ4n) is 3.54. The van der Waals surface area contributed by atoms with E-state index in [1.807, 2.05) is 29.3 Å². The van der Waals surface area contributed by atoms with Crippen molar-refractivity contribution in [1.29, 1.82) is 0 Å². The maximum atomic E-state index is 13.3. The lowest BCUT2D eigenvalue weighted by Crippen LogP contribution is -2.49. The molecule has 4 rings (SSSR count). The summed E-state index contributed by atoms with van der Waals surface area (Å²) in [6, 6.07) is 7.30. The van der Waals surface area contributed by atoms with Gasteiger partial charge in [0.15, 0.2) is 0 Å². The molecule has 2 aromatic heterocycles. The van der Waals surface area contributed by atoms with Crippen LogP contribution in [0.15, 0.2) is 34.2 Å². The van der Waals surface area contributed by atoms with E-state index in [4.69, 9.17) is 21.3 Å². The van der Waals surface area contributed by atoms with E-state index in [1.165, 1.54) is 0 Å². The molecule has 2 N–H and O–H groups in total. The normalized spacial score (nSPS) is 14.3. The summed E-state index contributed by atoms with van der Waals surface area (Å²) in [5, 5.41) is 15.7. The number of amides is 1. The number of nitrogens with zero attached hydrogens (tertiary/aromatic N) is 3. The monoisotopic (exact) mass is 432 g/mol. The Morgan fingerprint density at radius 2 is 2.00 bits per heavy atom. The minimum atomic E-state index is -0.0582. The summed E-state index contributed by atoms with van der Waals surface area (Å²) in [5.41, 5.74) is 5.75. The summed E-state index contributed by atoms with van der Waals surface area (Å²) >= 11 is 7.90. The highest BCUT2D eigenvalue weighted by Crippen LogP contribution is 2.34. The number of aryl methyl sites for hydroxylation is 2. The van der Waals surface area contributed by atoms with Gasteiger partial charge in [-0.1, -0.05) is 16.8 Å². The second kappa shape index (κ2) is 8.06. The van der Waals surface area contributed by atoms with Crippen LogP contribution < -0.4 is 10.4 Å². The van der Waals surface area contributed by atoms with Crippen LogP contribution in [0.5, 0.6) is 0 Å². The first-order valence-corrected chi connectivity index (χ1v) is 10.5. The Morgan fingerprint density at radius 3 is 2.62 bits per heavy atom. The summed E-state index contributed by atoms with van der Waals surface area (Å²) in [4.78, 5) is 18.2. The number of nitrogens with one attached hydrogen (secondary N) is 1. The third-order valence-corrected chi connectivity index (χ3v) is 6.46. The number of hydrogen-bond acceptors (Lipinski definition) is 7. The second-order valence-corrected chi connectivity index (χ2v) is 8.28. The molecule has 29 heavy (non-hydrogen) atoms. The minimum absolute atomic E-state index is 0.0582. The molecule has 3 aromatic rings. The van der Waals surface area contributed by atoms with Crippen molar-refractivity contribution in [2.45, 2.75) is 13.8 Å². The molecule has 1 amide bonds. The van der Waals surface area contributed by atoms with Gasteiger partial charge in [0.1, 0.15) is 17.0 Å². The number of anilines is 2. The van der Waals surface area contributed by atoms with Crippen LogP contribution in [0.1, 0.15) is 21.7 Å². The number of aromatic nitrogens is 1. The number of carbonyl (C=O) groups is 1. The maximum Gasteiger partial charge on any atom is 0.259 e. The summed E-state index contributed by atoms with van der Waals surface area (Å²) in [6.45, 7) is 6.25. The van der Waals surface area contributed by atoms with Crippen LogP contribution in [-0.2, 0) is 0 Å². The van der Waals surface area contributed by atoms with Gasteiger partial charge in [-0.15, -0.1) is 11.3 Å². The molecule has 1 aliphatic rings. The SMILES string of the molecule is Cc1ccsc1-c1noc(C)c1C(=O)N1CCN(c2ccc(NO)cc2Cl)CC1. The zero-order valence-corrected chi connectivity index (χ0v) is 17.7. The minimum Gasteiger partial charge on any atom is -0.367 e. The molecule has 7 nitrogen and oxygen atoms in total. The predicted octanol–water partition coefficient (Wildman–Crippen LogP) is 4.44. The van der Waals surface area contributed by atoms with Crippen LogP contribution in [-0.4, -0.2) is 47.4 Å². The van der Waals surface area contributed by atoms with E-state index in [0.29, 0.717) is 53.9 Å². The van der Waals surface area contributed by atoms with Crippen LogP contribution in [0.2, 0.25) is 5.02 Å².